The molecule has 0 aliphatic rings. The molecule has 0 aliphatic heterocycles. The van der Waals surface area contributed by atoms with Crippen molar-refractivity contribution in [2.75, 3.05) is 0 Å². The van der Waals surface area contributed by atoms with Crippen molar-refractivity contribution >= 4 is 28.1 Å². The summed E-state index contributed by atoms with van der Waals surface area (Å²) in [5.74, 6) is 0.620. The molecule has 0 amide bonds. The second-order valence-electron chi connectivity index (χ2n) is 3.69. The van der Waals surface area contributed by atoms with Crippen LogP contribution in [0.2, 0.25) is 0 Å². The van der Waals surface area contributed by atoms with Crippen molar-refractivity contribution in [2.45, 2.75) is 0 Å². The second-order valence-corrected chi connectivity index (χ2v) is 4.64. The Bertz CT molecular complexity index is 796. The summed E-state index contributed by atoms with van der Waals surface area (Å²) in [5.41, 5.74) is 3.04. The molecule has 4 rings (SSSR count). The first-order chi connectivity index (χ1) is 8.42. The third kappa shape index (κ3) is 1.21. The SMILES string of the molecule is c1csc(-c2cc3c(cnc4ncnn43)[nH]2)c1. The number of hydrogen-bond donors (Lipinski definition) is 1. The lowest BCUT2D eigenvalue weighted by atomic mass is 10.3. The Morgan fingerprint density at radius 1 is 1.29 bits per heavy atom. The quantitative estimate of drug-likeness (QED) is 0.556. The lowest BCUT2D eigenvalue weighted by Crippen LogP contribution is -1.90. The van der Waals surface area contributed by atoms with Gasteiger partial charge in [0.2, 0.25) is 0 Å². The summed E-state index contributed by atoms with van der Waals surface area (Å²) in [7, 11) is 0. The fourth-order valence-electron chi connectivity index (χ4n) is 1.91. The number of nitrogens with one attached hydrogen (secondary N) is 1. The molecule has 1 N–H and O–H groups in total. The molecule has 0 saturated carbocycles. The van der Waals surface area contributed by atoms with E-state index in [0.29, 0.717) is 5.78 Å². The number of H-pyrrole nitrogens is 1. The van der Waals surface area contributed by atoms with E-state index in [1.807, 2.05) is 6.07 Å². The van der Waals surface area contributed by atoms with Crippen LogP contribution < -0.4 is 0 Å². The minimum Gasteiger partial charge on any atom is -0.351 e. The summed E-state index contributed by atoms with van der Waals surface area (Å²) < 4.78 is 1.74. The van der Waals surface area contributed by atoms with Crippen LogP contribution in [0, 0.1) is 0 Å². The van der Waals surface area contributed by atoms with E-state index in [-0.39, 0.29) is 0 Å². The molecule has 4 heterocycles. The van der Waals surface area contributed by atoms with Gasteiger partial charge in [-0.2, -0.15) is 14.6 Å². The highest BCUT2D eigenvalue weighted by Gasteiger charge is 2.08. The molecule has 0 atom stereocenters. The van der Waals surface area contributed by atoms with Crippen LogP contribution in [0.1, 0.15) is 0 Å². The van der Waals surface area contributed by atoms with Gasteiger partial charge in [-0.3, -0.25) is 0 Å². The van der Waals surface area contributed by atoms with Crippen LogP contribution in [-0.4, -0.2) is 24.6 Å². The maximum absolute atomic E-state index is 4.23. The van der Waals surface area contributed by atoms with Crippen LogP contribution in [0.4, 0.5) is 0 Å². The van der Waals surface area contributed by atoms with E-state index < -0.39 is 0 Å². The molecule has 4 aromatic heterocycles. The largest absolute Gasteiger partial charge is 0.351 e. The Labute approximate surface area is 99.8 Å². The monoisotopic (exact) mass is 241 g/mol. The number of hydrogen-bond acceptors (Lipinski definition) is 4. The van der Waals surface area contributed by atoms with Crippen molar-refractivity contribution in [3.63, 3.8) is 0 Å². The highest BCUT2D eigenvalue weighted by molar-refractivity contribution is 7.13. The molecule has 6 heteroatoms. The molecule has 0 saturated heterocycles. The van der Waals surface area contributed by atoms with Gasteiger partial charge >= 0.3 is 0 Å². The van der Waals surface area contributed by atoms with Crippen molar-refractivity contribution in [1.29, 1.82) is 0 Å². The van der Waals surface area contributed by atoms with E-state index in [2.05, 4.69) is 37.6 Å². The average Bonchev–Trinajstić information content (AvgIpc) is 3.08. The smallest absolute Gasteiger partial charge is 0.252 e. The summed E-state index contributed by atoms with van der Waals surface area (Å²) >= 11 is 1.70. The van der Waals surface area contributed by atoms with Crippen LogP contribution in [-0.2, 0) is 0 Å². The van der Waals surface area contributed by atoms with Gasteiger partial charge < -0.3 is 4.98 Å². The summed E-state index contributed by atoms with van der Waals surface area (Å²) in [6.45, 7) is 0. The van der Waals surface area contributed by atoms with Gasteiger partial charge in [0.1, 0.15) is 6.33 Å². The Balaban J connectivity index is 2.09. The van der Waals surface area contributed by atoms with Crippen LogP contribution in [0.5, 0.6) is 0 Å². The predicted molar refractivity (Wildman–Crippen MR) is 66.0 cm³/mol. The van der Waals surface area contributed by atoms with E-state index in [0.717, 1.165) is 16.7 Å². The highest BCUT2D eigenvalue weighted by Crippen LogP contribution is 2.27. The normalized spacial score (nSPS) is 11.5. The minimum absolute atomic E-state index is 0.620. The molecule has 0 spiro atoms. The molecule has 5 nitrogen and oxygen atoms in total. The fourth-order valence-corrected chi connectivity index (χ4v) is 2.61. The van der Waals surface area contributed by atoms with Gasteiger partial charge in [-0.15, -0.1) is 11.3 Å². The zero-order valence-electron chi connectivity index (χ0n) is 8.66. The molecular weight excluding hydrogens is 234 g/mol. The van der Waals surface area contributed by atoms with Gasteiger partial charge in [0.15, 0.2) is 0 Å². The number of aromatic amines is 1. The Kier molecular flexibility index (Phi) is 1.64. The van der Waals surface area contributed by atoms with Gasteiger partial charge in [-0.25, -0.2) is 4.98 Å². The standard InChI is InChI=1S/C11H7N5S/c1-2-10(17-3-1)7-4-9-8(15-7)5-12-11-13-6-14-16(9)11/h1-6,15H. The third-order valence-electron chi connectivity index (χ3n) is 2.68. The molecule has 0 aliphatic carbocycles. The van der Waals surface area contributed by atoms with Crippen molar-refractivity contribution < 1.29 is 0 Å². The molecule has 0 radical (unpaired) electrons. The maximum atomic E-state index is 4.23. The van der Waals surface area contributed by atoms with Gasteiger partial charge in [-0.05, 0) is 17.5 Å². The van der Waals surface area contributed by atoms with Crippen LogP contribution in [0.3, 0.4) is 0 Å². The summed E-state index contributed by atoms with van der Waals surface area (Å²) in [5, 5.41) is 6.23. The van der Waals surface area contributed by atoms with Gasteiger partial charge in [0.05, 0.1) is 27.8 Å². The number of rotatable bonds is 1. The summed E-state index contributed by atoms with van der Waals surface area (Å²) in [6, 6.07) is 6.20. The third-order valence-corrected chi connectivity index (χ3v) is 3.58. The molecular formula is C11H7N5S. The van der Waals surface area contributed by atoms with E-state index in [1.54, 1.807) is 22.0 Å². The van der Waals surface area contributed by atoms with Crippen molar-refractivity contribution in [3.05, 3.63) is 36.1 Å². The minimum atomic E-state index is 0.620. The zero-order chi connectivity index (χ0) is 11.2. The molecule has 0 fully saturated rings. The van der Waals surface area contributed by atoms with Crippen molar-refractivity contribution in [1.82, 2.24) is 24.6 Å². The number of aromatic nitrogens is 5. The Morgan fingerprint density at radius 2 is 2.29 bits per heavy atom. The average molecular weight is 241 g/mol. The first-order valence-corrected chi connectivity index (χ1v) is 6.01. The molecule has 0 bridgehead atoms. The summed E-state index contributed by atoms with van der Waals surface area (Å²) in [4.78, 5) is 12.8. The lowest BCUT2D eigenvalue weighted by molar-refractivity contribution is 0.984. The van der Waals surface area contributed by atoms with Crippen LogP contribution in [0.15, 0.2) is 36.1 Å². The first kappa shape index (κ1) is 8.89. The van der Waals surface area contributed by atoms with Crippen molar-refractivity contribution in [2.24, 2.45) is 0 Å². The van der Waals surface area contributed by atoms with Crippen LogP contribution in [0.25, 0.3) is 27.4 Å². The van der Waals surface area contributed by atoms with Crippen LogP contribution >= 0.6 is 11.3 Å². The first-order valence-electron chi connectivity index (χ1n) is 5.13. The van der Waals surface area contributed by atoms with Gasteiger partial charge in [-0.1, -0.05) is 6.07 Å². The van der Waals surface area contributed by atoms with Gasteiger partial charge in [0.25, 0.3) is 5.78 Å². The zero-order valence-corrected chi connectivity index (χ0v) is 9.48. The highest BCUT2D eigenvalue weighted by atomic mass is 32.1. The Hall–Kier alpha value is -2.21. The maximum Gasteiger partial charge on any atom is 0.252 e. The van der Waals surface area contributed by atoms with E-state index in [1.165, 1.54) is 11.2 Å². The predicted octanol–water partition coefficient (Wildman–Crippen LogP) is 2.33. The summed E-state index contributed by atoms with van der Waals surface area (Å²) in [6.07, 6.45) is 3.30. The number of fused-ring (bicyclic) bond motifs is 3. The van der Waals surface area contributed by atoms with E-state index >= 15 is 0 Å². The topological polar surface area (TPSA) is 58.9 Å². The molecule has 17 heavy (non-hydrogen) atoms. The lowest BCUT2D eigenvalue weighted by Gasteiger charge is -1.91. The Morgan fingerprint density at radius 3 is 3.18 bits per heavy atom. The molecule has 82 valence electrons. The van der Waals surface area contributed by atoms with E-state index in [4.69, 9.17) is 0 Å². The number of nitrogens with zero attached hydrogens (tertiary/aromatic N) is 4. The number of thiophene rings is 1. The fraction of sp³-hybridized carbons (Fsp3) is 0. The molecule has 0 unspecified atom stereocenters. The molecule has 0 aromatic carbocycles. The van der Waals surface area contributed by atoms with Crippen molar-refractivity contribution in [3.8, 4) is 10.6 Å². The van der Waals surface area contributed by atoms with Gasteiger partial charge in [0, 0.05) is 0 Å². The van der Waals surface area contributed by atoms with E-state index in [9.17, 15) is 0 Å². The molecule has 4 aromatic rings. The second kappa shape index (κ2) is 3.14.